The topological polar surface area (TPSA) is 30.7 Å². The van der Waals surface area contributed by atoms with Crippen LogP contribution < -0.4 is 0 Å². The SMILES string of the molecule is Clc1ccccc1-c1nc2c(Cl)cccc2cc1Cn1ccnc1. The Balaban J connectivity index is 1.97. The van der Waals surface area contributed by atoms with E-state index in [1.807, 2.05) is 53.2 Å². The first-order valence-electron chi connectivity index (χ1n) is 7.51. The Morgan fingerprint density at radius 3 is 2.58 bits per heavy atom. The van der Waals surface area contributed by atoms with Gasteiger partial charge in [-0.15, -0.1) is 0 Å². The van der Waals surface area contributed by atoms with Gasteiger partial charge in [0.05, 0.1) is 29.1 Å². The van der Waals surface area contributed by atoms with Crippen LogP contribution >= 0.6 is 23.2 Å². The molecule has 0 saturated carbocycles. The molecular weight excluding hydrogens is 341 g/mol. The lowest BCUT2D eigenvalue weighted by molar-refractivity contribution is 0.797. The first kappa shape index (κ1) is 15.2. The molecule has 0 fully saturated rings. The van der Waals surface area contributed by atoms with E-state index in [1.54, 1.807) is 12.5 Å². The lowest BCUT2D eigenvalue weighted by atomic mass is 10.0. The van der Waals surface area contributed by atoms with Gasteiger partial charge in [-0.2, -0.15) is 0 Å². The largest absolute Gasteiger partial charge is 0.333 e. The number of rotatable bonds is 3. The second-order valence-electron chi connectivity index (χ2n) is 5.52. The lowest BCUT2D eigenvalue weighted by Crippen LogP contribution is -2.02. The highest BCUT2D eigenvalue weighted by Crippen LogP contribution is 2.33. The van der Waals surface area contributed by atoms with Gasteiger partial charge in [0.15, 0.2) is 0 Å². The van der Waals surface area contributed by atoms with E-state index in [4.69, 9.17) is 28.2 Å². The number of pyridine rings is 1. The highest BCUT2D eigenvalue weighted by atomic mass is 35.5. The summed E-state index contributed by atoms with van der Waals surface area (Å²) in [6.07, 6.45) is 5.48. The molecule has 0 radical (unpaired) electrons. The molecule has 118 valence electrons. The highest BCUT2D eigenvalue weighted by Gasteiger charge is 2.13. The third kappa shape index (κ3) is 2.77. The normalized spacial score (nSPS) is 11.1. The van der Waals surface area contributed by atoms with Crippen molar-refractivity contribution in [1.82, 2.24) is 14.5 Å². The number of fused-ring (bicyclic) bond motifs is 1. The summed E-state index contributed by atoms with van der Waals surface area (Å²) in [5.41, 5.74) is 3.59. The van der Waals surface area contributed by atoms with E-state index in [0.29, 0.717) is 16.6 Å². The van der Waals surface area contributed by atoms with E-state index in [-0.39, 0.29) is 0 Å². The maximum absolute atomic E-state index is 6.41. The van der Waals surface area contributed by atoms with Gasteiger partial charge in [0.25, 0.3) is 0 Å². The number of nitrogens with zero attached hydrogens (tertiary/aromatic N) is 3. The number of benzene rings is 2. The van der Waals surface area contributed by atoms with Gasteiger partial charge in [-0.05, 0) is 23.8 Å². The molecule has 3 nitrogen and oxygen atoms in total. The molecule has 24 heavy (non-hydrogen) atoms. The lowest BCUT2D eigenvalue weighted by Gasteiger charge is -2.13. The van der Waals surface area contributed by atoms with Gasteiger partial charge < -0.3 is 4.57 Å². The molecule has 0 spiro atoms. The van der Waals surface area contributed by atoms with Crippen LogP contribution in [0.4, 0.5) is 0 Å². The molecule has 0 N–H and O–H groups in total. The van der Waals surface area contributed by atoms with Crippen LogP contribution in [-0.4, -0.2) is 14.5 Å². The Labute approximate surface area is 149 Å². The first-order chi connectivity index (χ1) is 11.7. The summed E-state index contributed by atoms with van der Waals surface area (Å²) in [7, 11) is 0. The minimum atomic E-state index is 0.634. The van der Waals surface area contributed by atoms with Crippen LogP contribution in [0.5, 0.6) is 0 Å². The summed E-state index contributed by atoms with van der Waals surface area (Å²) in [5.74, 6) is 0. The van der Waals surface area contributed by atoms with E-state index in [0.717, 1.165) is 27.7 Å². The average Bonchev–Trinajstić information content (AvgIpc) is 3.08. The second-order valence-corrected chi connectivity index (χ2v) is 6.34. The molecule has 4 rings (SSSR count). The van der Waals surface area contributed by atoms with Gasteiger partial charge in [0, 0.05) is 28.4 Å². The van der Waals surface area contributed by atoms with E-state index >= 15 is 0 Å². The summed E-state index contributed by atoms with van der Waals surface area (Å²) in [6, 6.07) is 15.6. The fraction of sp³-hybridized carbons (Fsp3) is 0.0526. The van der Waals surface area contributed by atoms with Crippen molar-refractivity contribution in [3.05, 3.63) is 82.9 Å². The van der Waals surface area contributed by atoms with Crippen molar-refractivity contribution in [2.24, 2.45) is 0 Å². The Morgan fingerprint density at radius 2 is 1.79 bits per heavy atom. The van der Waals surface area contributed by atoms with E-state index in [2.05, 4.69) is 11.1 Å². The number of hydrogen-bond donors (Lipinski definition) is 0. The standard InChI is InChI=1S/C19H13Cl2N3/c20-16-6-2-1-5-15(16)18-14(11-24-9-8-22-12-24)10-13-4-3-7-17(21)19(13)23-18/h1-10,12H,11H2. The summed E-state index contributed by atoms with van der Waals surface area (Å²) < 4.78 is 2.01. The van der Waals surface area contributed by atoms with Crippen molar-refractivity contribution in [1.29, 1.82) is 0 Å². The van der Waals surface area contributed by atoms with Crippen molar-refractivity contribution < 1.29 is 0 Å². The van der Waals surface area contributed by atoms with Crippen LogP contribution in [0.3, 0.4) is 0 Å². The smallest absolute Gasteiger partial charge is 0.0949 e. The predicted octanol–water partition coefficient (Wildman–Crippen LogP) is 5.45. The molecule has 2 heterocycles. The molecule has 0 aliphatic carbocycles. The zero-order valence-electron chi connectivity index (χ0n) is 12.7. The maximum atomic E-state index is 6.41. The number of halogens is 2. The summed E-state index contributed by atoms with van der Waals surface area (Å²) in [4.78, 5) is 8.95. The Kier molecular flexibility index (Phi) is 3.97. The summed E-state index contributed by atoms with van der Waals surface area (Å²) >= 11 is 12.8. The van der Waals surface area contributed by atoms with Gasteiger partial charge in [-0.1, -0.05) is 53.5 Å². The molecule has 0 aliphatic heterocycles. The van der Waals surface area contributed by atoms with E-state index in [1.165, 1.54) is 0 Å². The zero-order chi connectivity index (χ0) is 16.5. The van der Waals surface area contributed by atoms with Gasteiger partial charge in [0.1, 0.15) is 0 Å². The van der Waals surface area contributed by atoms with Crippen molar-refractivity contribution in [3.63, 3.8) is 0 Å². The third-order valence-electron chi connectivity index (χ3n) is 3.92. The molecule has 0 bridgehead atoms. The van der Waals surface area contributed by atoms with Crippen LogP contribution in [0.1, 0.15) is 5.56 Å². The van der Waals surface area contributed by atoms with Crippen molar-refractivity contribution in [3.8, 4) is 11.3 Å². The van der Waals surface area contributed by atoms with Gasteiger partial charge in [-0.3, -0.25) is 0 Å². The summed E-state index contributed by atoms with van der Waals surface area (Å²) in [6.45, 7) is 0.663. The molecule has 5 heteroatoms. The molecule has 0 aliphatic rings. The highest BCUT2D eigenvalue weighted by molar-refractivity contribution is 6.35. The van der Waals surface area contributed by atoms with E-state index in [9.17, 15) is 0 Å². The zero-order valence-corrected chi connectivity index (χ0v) is 14.2. The number of hydrogen-bond acceptors (Lipinski definition) is 2. The predicted molar refractivity (Wildman–Crippen MR) is 98.5 cm³/mol. The van der Waals surface area contributed by atoms with Gasteiger partial charge in [0.2, 0.25) is 0 Å². The fourth-order valence-electron chi connectivity index (χ4n) is 2.79. The molecule has 0 atom stereocenters. The third-order valence-corrected chi connectivity index (χ3v) is 4.55. The van der Waals surface area contributed by atoms with E-state index < -0.39 is 0 Å². The molecule has 2 aromatic carbocycles. The van der Waals surface area contributed by atoms with Crippen LogP contribution in [0, 0.1) is 0 Å². The van der Waals surface area contributed by atoms with Crippen LogP contribution in [0.2, 0.25) is 10.0 Å². The van der Waals surface area contributed by atoms with Crippen LogP contribution in [0.25, 0.3) is 22.2 Å². The molecular formula is C19H13Cl2N3. The number of aromatic nitrogens is 3. The number of para-hydroxylation sites is 1. The van der Waals surface area contributed by atoms with Crippen LogP contribution in [-0.2, 0) is 6.54 Å². The number of imidazole rings is 1. The average molecular weight is 354 g/mol. The molecule has 4 aromatic rings. The van der Waals surface area contributed by atoms with Gasteiger partial charge >= 0.3 is 0 Å². The minimum absolute atomic E-state index is 0.634. The monoisotopic (exact) mass is 353 g/mol. The van der Waals surface area contributed by atoms with Crippen molar-refractivity contribution >= 4 is 34.1 Å². The molecule has 2 aromatic heterocycles. The Hall–Kier alpha value is -2.36. The second kappa shape index (κ2) is 6.27. The summed E-state index contributed by atoms with van der Waals surface area (Å²) in [5, 5.41) is 2.31. The minimum Gasteiger partial charge on any atom is -0.333 e. The molecule has 0 amide bonds. The molecule has 0 saturated heterocycles. The fourth-order valence-corrected chi connectivity index (χ4v) is 3.24. The van der Waals surface area contributed by atoms with Crippen molar-refractivity contribution in [2.45, 2.75) is 6.54 Å². The molecule has 0 unspecified atom stereocenters. The van der Waals surface area contributed by atoms with Gasteiger partial charge in [-0.25, -0.2) is 9.97 Å². The van der Waals surface area contributed by atoms with Crippen molar-refractivity contribution in [2.75, 3.05) is 0 Å². The maximum Gasteiger partial charge on any atom is 0.0949 e. The Bertz CT molecular complexity index is 1010. The quantitative estimate of drug-likeness (QED) is 0.490. The Morgan fingerprint density at radius 1 is 0.958 bits per heavy atom. The first-order valence-corrected chi connectivity index (χ1v) is 8.27. The van der Waals surface area contributed by atoms with Crippen LogP contribution in [0.15, 0.2) is 67.3 Å².